The molecule has 0 aromatic heterocycles. The zero-order valence-corrected chi connectivity index (χ0v) is 7.39. The van der Waals surface area contributed by atoms with Crippen molar-refractivity contribution in [3.05, 3.63) is 0 Å². The molecule has 0 aliphatic heterocycles. The molecule has 0 spiro atoms. The van der Waals surface area contributed by atoms with Gasteiger partial charge in [-0.3, -0.25) is 0 Å². The third-order valence-corrected chi connectivity index (χ3v) is 1.83. The lowest BCUT2D eigenvalue weighted by Crippen LogP contribution is -2.38. The normalized spacial score (nSPS) is 19.0. The first-order chi connectivity index (χ1) is 4.96. The third kappa shape index (κ3) is 3.76. The monoisotopic (exact) mass is 310 g/mol. The third-order valence-electron chi connectivity index (χ3n) is 0.837. The summed E-state index contributed by atoms with van der Waals surface area (Å²) >= 11 is 0.0960. The molecule has 0 saturated heterocycles. The lowest BCUT2D eigenvalue weighted by Gasteiger charge is -2.22. The van der Waals surface area contributed by atoms with Crippen molar-refractivity contribution >= 4 is 22.6 Å². The standard InChI is InChI=1S/C4H2F7I/c5-2(12,4(9,10)11)1-3(6,7)8/h1H2/t2-/m1/s1. The fraction of sp³-hybridized carbons (Fsp3) is 1.00. The Labute approximate surface area is 76.3 Å². The van der Waals surface area contributed by atoms with Gasteiger partial charge in [-0.05, 0) is 22.6 Å². The summed E-state index contributed by atoms with van der Waals surface area (Å²) in [4.78, 5) is 0. The molecule has 0 radical (unpaired) electrons. The maximum atomic E-state index is 12.2. The average Bonchev–Trinajstić information content (AvgIpc) is 1.52. The number of alkyl halides is 8. The van der Waals surface area contributed by atoms with Crippen LogP contribution in [0.2, 0.25) is 0 Å². The summed E-state index contributed by atoms with van der Waals surface area (Å²) in [5, 5.41) is 0. The van der Waals surface area contributed by atoms with Gasteiger partial charge in [0.25, 0.3) is 3.68 Å². The van der Waals surface area contributed by atoms with Crippen LogP contribution >= 0.6 is 22.6 Å². The van der Waals surface area contributed by atoms with Crippen molar-refractivity contribution in [1.29, 1.82) is 0 Å². The SMILES string of the molecule is FC(F)(F)C[C@@](F)(I)C(F)(F)F. The first kappa shape index (κ1) is 12.2. The van der Waals surface area contributed by atoms with Crippen LogP contribution in [-0.4, -0.2) is 16.0 Å². The Balaban J connectivity index is 4.44. The van der Waals surface area contributed by atoms with Crippen molar-refractivity contribution < 1.29 is 30.7 Å². The minimum Gasteiger partial charge on any atom is -0.222 e. The van der Waals surface area contributed by atoms with Gasteiger partial charge in [-0.1, -0.05) is 0 Å². The van der Waals surface area contributed by atoms with Crippen LogP contribution < -0.4 is 0 Å². The van der Waals surface area contributed by atoms with Gasteiger partial charge in [0.15, 0.2) is 0 Å². The van der Waals surface area contributed by atoms with Crippen LogP contribution in [0.4, 0.5) is 30.7 Å². The fourth-order valence-corrected chi connectivity index (χ4v) is 0.784. The van der Waals surface area contributed by atoms with E-state index in [-0.39, 0.29) is 22.6 Å². The molecule has 0 heterocycles. The fourth-order valence-electron chi connectivity index (χ4n) is 0.352. The zero-order valence-electron chi connectivity index (χ0n) is 5.23. The summed E-state index contributed by atoms with van der Waals surface area (Å²) in [6.45, 7) is 0. The highest BCUT2D eigenvalue weighted by Gasteiger charge is 2.59. The molecule has 1 atom stereocenters. The average molecular weight is 310 g/mol. The Bertz CT molecular complexity index is 154. The molecule has 0 N–H and O–H groups in total. The van der Waals surface area contributed by atoms with E-state index >= 15 is 0 Å². The number of rotatable bonds is 1. The van der Waals surface area contributed by atoms with Gasteiger partial charge in [0, 0.05) is 0 Å². The van der Waals surface area contributed by atoms with E-state index in [9.17, 15) is 30.7 Å². The van der Waals surface area contributed by atoms with Gasteiger partial charge in [-0.15, -0.1) is 0 Å². The van der Waals surface area contributed by atoms with Gasteiger partial charge in [-0.25, -0.2) is 4.39 Å². The van der Waals surface area contributed by atoms with Gasteiger partial charge in [0.1, 0.15) is 0 Å². The molecule has 0 saturated carbocycles. The van der Waals surface area contributed by atoms with E-state index in [1.807, 2.05) is 0 Å². The van der Waals surface area contributed by atoms with E-state index in [0.717, 1.165) is 0 Å². The summed E-state index contributed by atoms with van der Waals surface area (Å²) in [5.41, 5.74) is 0. The van der Waals surface area contributed by atoms with E-state index in [2.05, 4.69) is 0 Å². The smallest absolute Gasteiger partial charge is 0.222 e. The van der Waals surface area contributed by atoms with Crippen LogP contribution in [-0.2, 0) is 0 Å². The van der Waals surface area contributed by atoms with Crippen LogP contribution in [0.1, 0.15) is 6.42 Å². The van der Waals surface area contributed by atoms with E-state index in [0.29, 0.717) is 0 Å². The molecular weight excluding hydrogens is 308 g/mol. The predicted octanol–water partition coefficient (Wildman–Crippen LogP) is 3.60. The van der Waals surface area contributed by atoms with Crippen LogP contribution in [0.3, 0.4) is 0 Å². The molecule has 12 heavy (non-hydrogen) atoms. The Morgan fingerprint density at radius 3 is 1.25 bits per heavy atom. The van der Waals surface area contributed by atoms with Crippen molar-refractivity contribution in [1.82, 2.24) is 0 Å². The molecular formula is C4H2F7I. The summed E-state index contributed by atoms with van der Waals surface area (Å²) in [7, 11) is 0. The topological polar surface area (TPSA) is 0 Å². The highest BCUT2D eigenvalue weighted by Crippen LogP contribution is 2.46. The Kier molecular flexibility index (Phi) is 3.25. The van der Waals surface area contributed by atoms with Crippen molar-refractivity contribution in [2.75, 3.05) is 0 Å². The minimum absolute atomic E-state index is 0.0960. The van der Waals surface area contributed by atoms with Crippen molar-refractivity contribution in [3.63, 3.8) is 0 Å². The Hall–Kier alpha value is 0.240. The van der Waals surface area contributed by atoms with Crippen LogP contribution in [0, 0.1) is 0 Å². The number of hydrogen-bond donors (Lipinski definition) is 0. The largest absolute Gasteiger partial charge is 0.432 e. The molecule has 0 fully saturated rings. The molecule has 74 valence electrons. The molecule has 0 aromatic rings. The van der Waals surface area contributed by atoms with E-state index < -0.39 is 22.4 Å². The van der Waals surface area contributed by atoms with Gasteiger partial charge < -0.3 is 0 Å². The molecule has 0 rings (SSSR count). The maximum absolute atomic E-state index is 12.2. The van der Waals surface area contributed by atoms with Crippen LogP contribution in [0.5, 0.6) is 0 Å². The zero-order chi connectivity index (χ0) is 10.2. The first-order valence-electron chi connectivity index (χ1n) is 2.47. The highest BCUT2D eigenvalue weighted by molar-refractivity contribution is 14.1. The number of hydrogen-bond acceptors (Lipinski definition) is 0. The van der Waals surface area contributed by atoms with E-state index in [1.165, 1.54) is 0 Å². The summed E-state index contributed by atoms with van der Waals surface area (Å²) < 4.78 is 76.5. The van der Waals surface area contributed by atoms with Crippen LogP contribution in [0.25, 0.3) is 0 Å². The van der Waals surface area contributed by atoms with Crippen molar-refractivity contribution in [3.8, 4) is 0 Å². The first-order valence-corrected chi connectivity index (χ1v) is 3.55. The molecule has 0 bridgehead atoms. The quantitative estimate of drug-likeness (QED) is 0.394. The van der Waals surface area contributed by atoms with Gasteiger partial charge in [0.2, 0.25) is 0 Å². The molecule has 0 aliphatic carbocycles. The maximum Gasteiger partial charge on any atom is 0.432 e. The van der Waals surface area contributed by atoms with Crippen molar-refractivity contribution in [2.24, 2.45) is 0 Å². The lowest BCUT2D eigenvalue weighted by atomic mass is 10.2. The molecule has 0 unspecified atom stereocenters. The second kappa shape index (κ2) is 3.18. The summed E-state index contributed by atoms with van der Waals surface area (Å²) in [6.07, 6.45) is -13.2. The molecule has 0 amide bonds. The van der Waals surface area contributed by atoms with E-state index in [1.54, 1.807) is 0 Å². The minimum atomic E-state index is -5.50. The lowest BCUT2D eigenvalue weighted by molar-refractivity contribution is -0.228. The number of halogens is 8. The highest BCUT2D eigenvalue weighted by atomic mass is 127. The van der Waals surface area contributed by atoms with Gasteiger partial charge >= 0.3 is 12.4 Å². The predicted molar refractivity (Wildman–Crippen MR) is 34.6 cm³/mol. The molecule has 0 aromatic carbocycles. The van der Waals surface area contributed by atoms with E-state index in [4.69, 9.17) is 0 Å². The Morgan fingerprint density at radius 1 is 0.833 bits per heavy atom. The Morgan fingerprint density at radius 2 is 1.17 bits per heavy atom. The summed E-state index contributed by atoms with van der Waals surface area (Å²) in [6, 6.07) is 0. The molecule has 0 aliphatic rings. The second-order valence-corrected chi connectivity index (χ2v) is 3.70. The molecule has 0 nitrogen and oxygen atoms in total. The second-order valence-electron chi connectivity index (χ2n) is 1.99. The van der Waals surface area contributed by atoms with Crippen LogP contribution in [0.15, 0.2) is 0 Å². The summed E-state index contributed by atoms with van der Waals surface area (Å²) in [5.74, 6) is 0. The van der Waals surface area contributed by atoms with Crippen molar-refractivity contribution in [2.45, 2.75) is 22.4 Å². The van der Waals surface area contributed by atoms with Gasteiger partial charge in [-0.2, -0.15) is 26.3 Å². The van der Waals surface area contributed by atoms with Gasteiger partial charge in [0.05, 0.1) is 6.42 Å². The molecule has 8 heteroatoms.